The molecule has 1 rings (SSSR count). The van der Waals surface area contributed by atoms with Gasteiger partial charge in [0.2, 0.25) is 0 Å². The van der Waals surface area contributed by atoms with Crippen molar-refractivity contribution in [2.24, 2.45) is 0 Å². The van der Waals surface area contributed by atoms with Gasteiger partial charge in [-0.1, -0.05) is 6.07 Å². The number of halogens is 1. The fourth-order valence-corrected chi connectivity index (χ4v) is 2.12. The summed E-state index contributed by atoms with van der Waals surface area (Å²) in [5, 5.41) is -1.28. The highest BCUT2D eigenvalue weighted by Crippen LogP contribution is 2.24. The first kappa shape index (κ1) is 14.7. The van der Waals surface area contributed by atoms with Crippen molar-refractivity contribution in [3.8, 4) is 0 Å². The van der Waals surface area contributed by atoms with Crippen LogP contribution in [0.25, 0.3) is 0 Å². The van der Waals surface area contributed by atoms with Gasteiger partial charge in [0.25, 0.3) is 0 Å². The number of rotatable bonds is 3. The minimum absolute atomic E-state index is 0.398. The smallest absolute Gasteiger partial charge is 0.331 e. The van der Waals surface area contributed by atoms with Gasteiger partial charge in [-0.25, -0.2) is 4.79 Å². The number of aryl methyl sites for hydroxylation is 2. The number of alkyl halides is 1. The molecule has 0 heterocycles. The van der Waals surface area contributed by atoms with Gasteiger partial charge < -0.3 is 4.74 Å². The molecule has 18 heavy (non-hydrogen) atoms. The van der Waals surface area contributed by atoms with E-state index in [-0.39, 0.29) is 0 Å². The molecule has 0 saturated carbocycles. The van der Waals surface area contributed by atoms with Crippen molar-refractivity contribution >= 4 is 23.4 Å². The van der Waals surface area contributed by atoms with E-state index in [2.05, 4.69) is 4.74 Å². The lowest BCUT2D eigenvalue weighted by Crippen LogP contribution is -2.27. The van der Waals surface area contributed by atoms with Crippen molar-refractivity contribution in [3.05, 3.63) is 33.9 Å². The number of ketones is 1. The van der Waals surface area contributed by atoms with Crippen molar-refractivity contribution in [2.45, 2.75) is 33.1 Å². The average Bonchev–Trinajstić information content (AvgIpc) is 2.34. The Balaban J connectivity index is 3.33. The van der Waals surface area contributed by atoms with E-state index in [4.69, 9.17) is 11.6 Å². The summed E-state index contributed by atoms with van der Waals surface area (Å²) in [5.74, 6) is -1.12. The van der Waals surface area contributed by atoms with Crippen molar-refractivity contribution in [1.82, 2.24) is 0 Å². The number of Topliss-reactive ketones (excluding diaryl/α,β-unsaturated/α-hetero) is 1. The van der Waals surface area contributed by atoms with Crippen LogP contribution >= 0.6 is 11.6 Å². The molecule has 1 aromatic rings. The molecular weight excluding hydrogens is 252 g/mol. The highest BCUT2D eigenvalue weighted by molar-refractivity contribution is 6.43. The van der Waals surface area contributed by atoms with Gasteiger partial charge in [-0.15, -0.1) is 11.6 Å². The zero-order valence-electron chi connectivity index (χ0n) is 11.3. The van der Waals surface area contributed by atoms with Crippen LogP contribution < -0.4 is 0 Å². The number of hydrogen-bond donors (Lipinski definition) is 0. The van der Waals surface area contributed by atoms with Crippen LogP contribution in [0.5, 0.6) is 0 Å². The number of hydrogen-bond acceptors (Lipinski definition) is 3. The van der Waals surface area contributed by atoms with E-state index < -0.39 is 17.1 Å². The lowest BCUT2D eigenvalue weighted by molar-refractivity contribution is -0.139. The molecule has 0 radical (unpaired) electrons. The van der Waals surface area contributed by atoms with Crippen molar-refractivity contribution in [1.29, 1.82) is 0 Å². The quantitative estimate of drug-likeness (QED) is 0.366. The summed E-state index contributed by atoms with van der Waals surface area (Å²) in [6.45, 7) is 7.58. The van der Waals surface area contributed by atoms with Gasteiger partial charge in [0.1, 0.15) is 0 Å². The fourth-order valence-electron chi connectivity index (χ4n) is 1.92. The van der Waals surface area contributed by atoms with Gasteiger partial charge in [-0.05, 0) is 49.9 Å². The van der Waals surface area contributed by atoms with E-state index in [1.54, 1.807) is 0 Å². The molecule has 1 unspecified atom stereocenters. The number of methoxy groups -OCH3 is 1. The predicted molar refractivity (Wildman–Crippen MR) is 71.4 cm³/mol. The van der Waals surface area contributed by atoms with Gasteiger partial charge in [0, 0.05) is 5.56 Å². The average molecular weight is 269 g/mol. The van der Waals surface area contributed by atoms with Crippen molar-refractivity contribution in [2.75, 3.05) is 7.11 Å². The summed E-state index contributed by atoms with van der Waals surface area (Å²) < 4.78 is 4.50. The minimum atomic E-state index is -1.28. The molecule has 1 atom stereocenters. The summed E-state index contributed by atoms with van der Waals surface area (Å²) in [6, 6.07) is 2.02. The summed E-state index contributed by atoms with van der Waals surface area (Å²) in [7, 11) is 1.21. The zero-order valence-corrected chi connectivity index (χ0v) is 12.0. The lowest BCUT2D eigenvalue weighted by atomic mass is 9.90. The molecular formula is C14H17ClO3. The molecule has 0 fully saturated rings. The third-order valence-electron chi connectivity index (χ3n) is 3.25. The standard InChI is InChI=1S/C14H17ClO3/c1-7-6-8(2)10(4)11(9(7)3)13(16)12(15)14(17)18-5/h6,12H,1-5H3. The molecule has 1 aromatic carbocycles. The van der Waals surface area contributed by atoms with Crippen LogP contribution in [0.15, 0.2) is 6.07 Å². The van der Waals surface area contributed by atoms with Crippen LogP contribution in [0.2, 0.25) is 0 Å². The summed E-state index contributed by atoms with van der Waals surface area (Å²) in [6.07, 6.45) is 0. The first-order chi connectivity index (χ1) is 8.31. The molecule has 3 nitrogen and oxygen atoms in total. The van der Waals surface area contributed by atoms with E-state index in [9.17, 15) is 9.59 Å². The topological polar surface area (TPSA) is 43.4 Å². The zero-order chi connectivity index (χ0) is 14.0. The highest BCUT2D eigenvalue weighted by atomic mass is 35.5. The second-order valence-electron chi connectivity index (χ2n) is 4.39. The van der Waals surface area contributed by atoms with Crippen LogP contribution in [0.3, 0.4) is 0 Å². The minimum Gasteiger partial charge on any atom is -0.468 e. The van der Waals surface area contributed by atoms with E-state index in [1.807, 2.05) is 33.8 Å². The monoisotopic (exact) mass is 268 g/mol. The normalized spacial score (nSPS) is 12.1. The van der Waals surface area contributed by atoms with E-state index in [0.717, 1.165) is 22.3 Å². The van der Waals surface area contributed by atoms with Crippen LogP contribution in [-0.4, -0.2) is 24.2 Å². The molecule has 4 heteroatoms. The number of ether oxygens (including phenoxy) is 1. The summed E-state index contributed by atoms with van der Waals surface area (Å²) >= 11 is 5.84. The molecule has 0 spiro atoms. The molecule has 0 aliphatic carbocycles. The second-order valence-corrected chi connectivity index (χ2v) is 4.82. The maximum atomic E-state index is 12.3. The molecule has 0 amide bonds. The Morgan fingerprint density at radius 2 is 1.56 bits per heavy atom. The first-order valence-corrected chi connectivity index (χ1v) is 6.08. The lowest BCUT2D eigenvalue weighted by Gasteiger charge is -2.15. The number of benzene rings is 1. The van der Waals surface area contributed by atoms with Crippen molar-refractivity contribution < 1.29 is 14.3 Å². The Hall–Kier alpha value is -1.35. The fraction of sp³-hybridized carbons (Fsp3) is 0.429. The maximum absolute atomic E-state index is 12.3. The van der Waals surface area contributed by atoms with E-state index >= 15 is 0 Å². The Labute approximate surface area is 112 Å². The Morgan fingerprint density at radius 1 is 1.11 bits per heavy atom. The number of carbonyl (C=O) groups excluding carboxylic acids is 2. The van der Waals surface area contributed by atoms with Crippen molar-refractivity contribution in [3.63, 3.8) is 0 Å². The van der Waals surface area contributed by atoms with E-state index in [0.29, 0.717) is 5.56 Å². The molecule has 98 valence electrons. The summed E-state index contributed by atoms with van der Waals surface area (Å²) in [4.78, 5) is 23.6. The van der Waals surface area contributed by atoms with Crippen LogP contribution in [0.4, 0.5) is 0 Å². The largest absolute Gasteiger partial charge is 0.468 e. The van der Waals surface area contributed by atoms with Crippen LogP contribution in [0, 0.1) is 27.7 Å². The highest BCUT2D eigenvalue weighted by Gasteiger charge is 2.29. The summed E-state index contributed by atoms with van der Waals surface area (Å²) in [5.41, 5.74) is 4.26. The second kappa shape index (κ2) is 5.53. The third-order valence-corrected chi connectivity index (χ3v) is 3.63. The Morgan fingerprint density at radius 3 is 1.94 bits per heavy atom. The Bertz CT molecular complexity index is 480. The maximum Gasteiger partial charge on any atom is 0.331 e. The number of esters is 1. The number of carbonyl (C=O) groups is 2. The van der Waals surface area contributed by atoms with Gasteiger partial charge in [0.15, 0.2) is 11.2 Å². The van der Waals surface area contributed by atoms with Crippen LogP contribution in [-0.2, 0) is 9.53 Å². The third kappa shape index (κ3) is 2.56. The van der Waals surface area contributed by atoms with Gasteiger partial charge in [-0.2, -0.15) is 0 Å². The molecule has 0 aliphatic heterocycles. The molecule has 0 aromatic heterocycles. The predicted octanol–water partition coefficient (Wildman–Crippen LogP) is 2.88. The molecule has 0 aliphatic rings. The first-order valence-electron chi connectivity index (χ1n) is 5.64. The van der Waals surface area contributed by atoms with E-state index in [1.165, 1.54) is 7.11 Å². The molecule has 0 N–H and O–H groups in total. The van der Waals surface area contributed by atoms with Gasteiger partial charge >= 0.3 is 5.97 Å². The Kier molecular flexibility index (Phi) is 4.52. The van der Waals surface area contributed by atoms with Crippen LogP contribution in [0.1, 0.15) is 32.6 Å². The van der Waals surface area contributed by atoms with Gasteiger partial charge in [0.05, 0.1) is 7.11 Å². The molecule has 0 bridgehead atoms. The van der Waals surface area contributed by atoms with Gasteiger partial charge in [-0.3, -0.25) is 4.79 Å². The molecule has 0 saturated heterocycles. The SMILES string of the molecule is COC(=O)C(Cl)C(=O)c1c(C)c(C)cc(C)c1C.